The van der Waals surface area contributed by atoms with Crippen molar-refractivity contribution in [2.24, 2.45) is 5.73 Å². The zero-order valence-electron chi connectivity index (χ0n) is 11.0. The molecule has 4 nitrogen and oxygen atoms in total. The first-order valence-electron chi connectivity index (χ1n) is 6.19. The third-order valence-electron chi connectivity index (χ3n) is 2.98. The van der Waals surface area contributed by atoms with Crippen LogP contribution in [0.25, 0.3) is 0 Å². The largest absolute Gasteiger partial charge is 0.480 e. The Kier molecular flexibility index (Phi) is 5.31. The molecule has 0 aliphatic heterocycles. The number of nitrogens with two attached hydrogens (primary N) is 1. The summed E-state index contributed by atoms with van der Waals surface area (Å²) >= 11 is 0. The van der Waals surface area contributed by atoms with Crippen molar-refractivity contribution in [3.05, 3.63) is 35.9 Å². The zero-order valence-corrected chi connectivity index (χ0v) is 11.0. The fourth-order valence-electron chi connectivity index (χ4n) is 1.87. The van der Waals surface area contributed by atoms with Crippen LogP contribution in [-0.2, 0) is 11.2 Å². The highest BCUT2D eigenvalue weighted by atomic mass is 16.4. The van der Waals surface area contributed by atoms with E-state index in [-0.39, 0.29) is 12.1 Å². The molecule has 18 heavy (non-hydrogen) atoms. The fourth-order valence-corrected chi connectivity index (χ4v) is 1.87. The van der Waals surface area contributed by atoms with Gasteiger partial charge in [-0.2, -0.15) is 0 Å². The van der Waals surface area contributed by atoms with Crippen molar-refractivity contribution in [1.29, 1.82) is 0 Å². The van der Waals surface area contributed by atoms with Crippen molar-refractivity contribution in [3.8, 4) is 0 Å². The Morgan fingerprint density at radius 3 is 2.50 bits per heavy atom. The van der Waals surface area contributed by atoms with Crippen LogP contribution in [-0.4, -0.2) is 29.2 Å². The second kappa shape index (κ2) is 6.52. The Hall–Kier alpha value is -1.39. The van der Waals surface area contributed by atoms with Gasteiger partial charge in [0.2, 0.25) is 0 Å². The molecule has 100 valence electrons. The van der Waals surface area contributed by atoms with Gasteiger partial charge in [0, 0.05) is 12.1 Å². The highest BCUT2D eigenvalue weighted by Gasteiger charge is 2.25. The number of aryl methyl sites for hydroxylation is 1. The number of hydrogen-bond donors (Lipinski definition) is 3. The predicted molar refractivity (Wildman–Crippen MR) is 72.5 cm³/mol. The molecule has 0 fully saturated rings. The molecule has 1 aromatic carbocycles. The van der Waals surface area contributed by atoms with E-state index >= 15 is 0 Å². The molecular formula is C14H22N2O2. The number of aliphatic carboxylic acids is 1. The first-order chi connectivity index (χ1) is 8.44. The van der Waals surface area contributed by atoms with Gasteiger partial charge in [0.1, 0.15) is 6.04 Å². The summed E-state index contributed by atoms with van der Waals surface area (Å²) in [4.78, 5) is 10.9. The molecule has 4 heteroatoms. The number of hydrogen-bond acceptors (Lipinski definition) is 3. The monoisotopic (exact) mass is 250 g/mol. The van der Waals surface area contributed by atoms with Gasteiger partial charge in [0.25, 0.3) is 0 Å². The second-order valence-electron chi connectivity index (χ2n) is 5.14. The number of rotatable bonds is 7. The number of carbonyl (C=O) groups is 1. The van der Waals surface area contributed by atoms with Gasteiger partial charge in [-0.15, -0.1) is 0 Å². The average Bonchev–Trinajstić information content (AvgIpc) is 2.35. The molecule has 1 aromatic rings. The lowest BCUT2D eigenvalue weighted by Gasteiger charge is -2.29. The minimum absolute atomic E-state index is 0.101. The Labute approximate surface area is 108 Å². The van der Waals surface area contributed by atoms with E-state index in [0.29, 0.717) is 0 Å². The van der Waals surface area contributed by atoms with E-state index in [1.165, 1.54) is 5.56 Å². The lowest BCUT2D eigenvalue weighted by molar-refractivity contribution is -0.139. The Balaban J connectivity index is 2.51. The topological polar surface area (TPSA) is 75.3 Å². The van der Waals surface area contributed by atoms with E-state index in [1.54, 1.807) is 0 Å². The van der Waals surface area contributed by atoms with Gasteiger partial charge < -0.3 is 10.8 Å². The van der Waals surface area contributed by atoms with Gasteiger partial charge in [-0.25, -0.2) is 0 Å². The molecule has 0 aromatic heterocycles. The van der Waals surface area contributed by atoms with E-state index in [1.807, 2.05) is 32.0 Å². The summed E-state index contributed by atoms with van der Waals surface area (Å²) in [5.41, 5.74) is 6.45. The molecule has 4 N–H and O–H groups in total. The molecule has 0 aliphatic carbocycles. The minimum atomic E-state index is -0.898. The summed E-state index contributed by atoms with van der Waals surface area (Å²) < 4.78 is 0. The van der Waals surface area contributed by atoms with E-state index in [9.17, 15) is 4.79 Å². The van der Waals surface area contributed by atoms with E-state index in [2.05, 4.69) is 17.4 Å². The van der Waals surface area contributed by atoms with Crippen LogP contribution in [0, 0.1) is 0 Å². The highest BCUT2D eigenvalue weighted by molar-refractivity contribution is 5.73. The number of carboxylic acids is 1. The van der Waals surface area contributed by atoms with Crippen molar-refractivity contribution in [2.75, 3.05) is 6.54 Å². The van der Waals surface area contributed by atoms with Crippen LogP contribution in [0.15, 0.2) is 30.3 Å². The van der Waals surface area contributed by atoms with Crippen molar-refractivity contribution >= 4 is 5.97 Å². The standard InChI is InChI=1S/C14H22N2O2/c1-14(2,16-12(10-15)13(17)18)9-8-11-6-4-3-5-7-11/h3-7,12,16H,8-10,15H2,1-2H3,(H,17,18). The average molecular weight is 250 g/mol. The molecule has 0 amide bonds. The van der Waals surface area contributed by atoms with Gasteiger partial charge in [-0.05, 0) is 32.3 Å². The van der Waals surface area contributed by atoms with Crippen LogP contribution >= 0.6 is 0 Å². The Morgan fingerprint density at radius 2 is 2.00 bits per heavy atom. The third-order valence-corrected chi connectivity index (χ3v) is 2.98. The molecule has 0 spiro atoms. The van der Waals surface area contributed by atoms with E-state index < -0.39 is 12.0 Å². The van der Waals surface area contributed by atoms with Crippen LogP contribution in [0.3, 0.4) is 0 Å². The number of nitrogens with one attached hydrogen (secondary N) is 1. The summed E-state index contributed by atoms with van der Waals surface area (Å²) in [5, 5.41) is 12.1. The molecule has 1 rings (SSSR count). The summed E-state index contributed by atoms with van der Waals surface area (Å²) in [5.74, 6) is -0.898. The maximum Gasteiger partial charge on any atom is 0.322 e. The van der Waals surface area contributed by atoms with Crippen LogP contribution in [0.5, 0.6) is 0 Å². The van der Waals surface area contributed by atoms with Crippen LogP contribution in [0.4, 0.5) is 0 Å². The van der Waals surface area contributed by atoms with Gasteiger partial charge >= 0.3 is 5.97 Å². The summed E-state index contributed by atoms with van der Waals surface area (Å²) in [6, 6.07) is 9.48. The zero-order chi connectivity index (χ0) is 13.6. The summed E-state index contributed by atoms with van der Waals surface area (Å²) in [6.45, 7) is 4.10. The van der Waals surface area contributed by atoms with Crippen LogP contribution < -0.4 is 11.1 Å². The van der Waals surface area contributed by atoms with E-state index in [0.717, 1.165) is 12.8 Å². The van der Waals surface area contributed by atoms with Crippen molar-refractivity contribution < 1.29 is 9.90 Å². The van der Waals surface area contributed by atoms with Crippen molar-refractivity contribution in [1.82, 2.24) is 5.32 Å². The molecule has 0 saturated carbocycles. The first kappa shape index (κ1) is 14.7. The molecule has 0 bridgehead atoms. The third kappa shape index (κ3) is 4.85. The number of benzene rings is 1. The normalized spacial score (nSPS) is 13.3. The van der Waals surface area contributed by atoms with Gasteiger partial charge in [-0.3, -0.25) is 10.1 Å². The lowest BCUT2D eigenvalue weighted by atomic mass is 9.94. The quantitative estimate of drug-likeness (QED) is 0.683. The minimum Gasteiger partial charge on any atom is -0.480 e. The van der Waals surface area contributed by atoms with Crippen molar-refractivity contribution in [3.63, 3.8) is 0 Å². The highest BCUT2D eigenvalue weighted by Crippen LogP contribution is 2.14. The maximum absolute atomic E-state index is 10.9. The van der Waals surface area contributed by atoms with Gasteiger partial charge in [0.05, 0.1) is 0 Å². The summed E-state index contributed by atoms with van der Waals surface area (Å²) in [6.07, 6.45) is 1.78. The van der Waals surface area contributed by atoms with E-state index in [4.69, 9.17) is 10.8 Å². The second-order valence-corrected chi connectivity index (χ2v) is 5.14. The molecule has 0 saturated heterocycles. The van der Waals surface area contributed by atoms with Gasteiger partial charge in [-0.1, -0.05) is 30.3 Å². The lowest BCUT2D eigenvalue weighted by Crippen LogP contribution is -2.53. The first-order valence-corrected chi connectivity index (χ1v) is 6.19. The van der Waals surface area contributed by atoms with Crippen LogP contribution in [0.1, 0.15) is 25.8 Å². The fraction of sp³-hybridized carbons (Fsp3) is 0.500. The SMILES string of the molecule is CC(C)(CCc1ccccc1)NC(CN)C(=O)O. The number of carboxylic acid groups (broad SMARTS) is 1. The van der Waals surface area contributed by atoms with Crippen molar-refractivity contribution in [2.45, 2.75) is 38.3 Å². The molecule has 0 radical (unpaired) electrons. The Morgan fingerprint density at radius 1 is 1.39 bits per heavy atom. The predicted octanol–water partition coefficient (Wildman–Crippen LogP) is 1.40. The smallest absolute Gasteiger partial charge is 0.322 e. The maximum atomic E-state index is 10.9. The van der Waals surface area contributed by atoms with Gasteiger partial charge in [0.15, 0.2) is 0 Å². The van der Waals surface area contributed by atoms with Crippen LogP contribution in [0.2, 0.25) is 0 Å². The molecule has 0 heterocycles. The molecular weight excluding hydrogens is 228 g/mol. The molecule has 1 unspecified atom stereocenters. The molecule has 0 aliphatic rings. The Bertz CT molecular complexity index is 377. The summed E-state index contributed by atoms with van der Waals surface area (Å²) in [7, 11) is 0. The molecule has 1 atom stereocenters.